The number of fused-ring (bicyclic) bond motifs is 1. The van der Waals surface area contributed by atoms with Gasteiger partial charge in [-0.15, -0.1) is 0 Å². The minimum atomic E-state index is -4.96. The van der Waals surface area contributed by atoms with E-state index in [-0.39, 0.29) is 17.2 Å². The van der Waals surface area contributed by atoms with Gasteiger partial charge in [0, 0.05) is 18.4 Å². The Morgan fingerprint density at radius 1 is 1.35 bits per heavy atom. The molecule has 0 aromatic heterocycles. The van der Waals surface area contributed by atoms with Crippen LogP contribution in [0.5, 0.6) is 0 Å². The van der Waals surface area contributed by atoms with E-state index in [4.69, 9.17) is 0 Å². The standard InChI is InChI=1S/C11H6F3N3O3/c12-11(13,14)9(18)5-7-3-4-16-6-8(17(19)20)1-2-10(16)15-7/h1-6H/b7-5+. The molecule has 0 saturated heterocycles. The molecule has 0 unspecified atom stereocenters. The Morgan fingerprint density at radius 2 is 2.05 bits per heavy atom. The average Bonchev–Trinajstić information content (AvgIpc) is 2.36. The molecule has 2 aliphatic heterocycles. The van der Waals surface area contributed by atoms with E-state index >= 15 is 0 Å². The molecule has 0 aromatic carbocycles. The van der Waals surface area contributed by atoms with E-state index in [0.29, 0.717) is 6.08 Å². The molecular weight excluding hydrogens is 279 g/mol. The highest BCUT2D eigenvalue weighted by Gasteiger charge is 2.36. The zero-order valence-electron chi connectivity index (χ0n) is 9.66. The van der Waals surface area contributed by atoms with Crippen molar-refractivity contribution < 1.29 is 22.9 Å². The third kappa shape index (κ3) is 2.82. The zero-order valence-corrected chi connectivity index (χ0v) is 9.66. The molecule has 0 aromatic rings. The molecule has 0 bridgehead atoms. The summed E-state index contributed by atoms with van der Waals surface area (Å²) in [4.78, 5) is 25.8. The lowest BCUT2D eigenvalue weighted by Gasteiger charge is -2.21. The van der Waals surface area contributed by atoms with Crippen LogP contribution in [0.15, 0.2) is 53.1 Å². The number of amidine groups is 1. The normalized spacial score (nSPS) is 19.6. The van der Waals surface area contributed by atoms with E-state index in [1.165, 1.54) is 17.2 Å². The van der Waals surface area contributed by atoms with Gasteiger partial charge >= 0.3 is 6.18 Å². The summed E-state index contributed by atoms with van der Waals surface area (Å²) in [5, 5.41) is 10.6. The molecule has 20 heavy (non-hydrogen) atoms. The smallest absolute Gasteiger partial charge is 0.302 e. The molecule has 0 amide bonds. The predicted molar refractivity (Wildman–Crippen MR) is 61.8 cm³/mol. The topological polar surface area (TPSA) is 75.8 Å². The van der Waals surface area contributed by atoms with Crippen LogP contribution in [-0.4, -0.2) is 27.6 Å². The molecule has 0 fully saturated rings. The van der Waals surface area contributed by atoms with Crippen molar-refractivity contribution in [1.29, 1.82) is 0 Å². The summed E-state index contributed by atoms with van der Waals surface area (Å²) in [7, 11) is 0. The first-order chi connectivity index (χ1) is 9.27. The van der Waals surface area contributed by atoms with Crippen LogP contribution < -0.4 is 0 Å². The van der Waals surface area contributed by atoms with Crippen LogP contribution in [0.3, 0.4) is 0 Å². The van der Waals surface area contributed by atoms with Crippen molar-refractivity contribution in [1.82, 2.24) is 4.90 Å². The highest BCUT2D eigenvalue weighted by atomic mass is 19.4. The summed E-state index contributed by atoms with van der Waals surface area (Å²) in [6.07, 6.45) is 1.44. The third-order valence-corrected chi connectivity index (χ3v) is 2.36. The summed E-state index contributed by atoms with van der Waals surface area (Å²) in [5.74, 6) is -1.84. The van der Waals surface area contributed by atoms with Gasteiger partial charge in [0.05, 0.1) is 16.8 Å². The monoisotopic (exact) mass is 285 g/mol. The van der Waals surface area contributed by atoms with Crippen molar-refractivity contribution >= 4 is 11.6 Å². The molecule has 0 spiro atoms. The number of aliphatic imine (C=N–C) groups is 1. The van der Waals surface area contributed by atoms with Crippen LogP contribution in [-0.2, 0) is 4.79 Å². The van der Waals surface area contributed by atoms with E-state index in [1.54, 1.807) is 0 Å². The van der Waals surface area contributed by atoms with Crippen molar-refractivity contribution in [2.45, 2.75) is 6.18 Å². The Kier molecular flexibility index (Phi) is 3.26. The summed E-state index contributed by atoms with van der Waals surface area (Å²) in [6.45, 7) is 0. The van der Waals surface area contributed by atoms with E-state index in [0.717, 1.165) is 18.4 Å². The van der Waals surface area contributed by atoms with Crippen molar-refractivity contribution in [2.24, 2.45) is 4.99 Å². The molecule has 0 aliphatic carbocycles. The number of nitrogens with zero attached hydrogens (tertiary/aromatic N) is 3. The molecule has 0 radical (unpaired) electrons. The van der Waals surface area contributed by atoms with Crippen molar-refractivity contribution in [2.75, 3.05) is 0 Å². The van der Waals surface area contributed by atoms with E-state index in [9.17, 15) is 28.1 Å². The molecule has 2 aliphatic rings. The highest BCUT2D eigenvalue weighted by molar-refractivity contribution is 5.99. The highest BCUT2D eigenvalue weighted by Crippen LogP contribution is 2.21. The number of ketones is 1. The molecule has 2 heterocycles. The fraction of sp³-hybridized carbons (Fsp3) is 0.0909. The van der Waals surface area contributed by atoms with Gasteiger partial charge in [-0.2, -0.15) is 13.2 Å². The van der Waals surface area contributed by atoms with E-state index < -0.39 is 16.9 Å². The van der Waals surface area contributed by atoms with Crippen molar-refractivity contribution in [3.05, 3.63) is 58.2 Å². The largest absolute Gasteiger partial charge is 0.454 e. The van der Waals surface area contributed by atoms with Gasteiger partial charge in [0.1, 0.15) is 5.84 Å². The average molecular weight is 285 g/mol. The third-order valence-electron chi connectivity index (χ3n) is 2.36. The molecule has 104 valence electrons. The molecule has 0 saturated carbocycles. The number of carbonyl (C=O) groups excluding carboxylic acids is 1. The lowest BCUT2D eigenvalue weighted by atomic mass is 10.2. The van der Waals surface area contributed by atoms with Gasteiger partial charge in [0.2, 0.25) is 0 Å². The number of allylic oxidation sites excluding steroid dienone is 3. The van der Waals surface area contributed by atoms with Gasteiger partial charge < -0.3 is 4.90 Å². The molecule has 6 nitrogen and oxygen atoms in total. The molecular formula is C11H6F3N3O3. The first-order valence-electron chi connectivity index (χ1n) is 5.20. The van der Waals surface area contributed by atoms with Crippen LogP contribution in [0, 0.1) is 10.1 Å². The fourth-order valence-corrected chi connectivity index (χ4v) is 1.44. The molecule has 2 rings (SSSR count). The van der Waals surface area contributed by atoms with Gasteiger partial charge in [-0.25, -0.2) is 4.99 Å². The zero-order chi connectivity index (χ0) is 14.9. The number of alkyl halides is 3. The van der Waals surface area contributed by atoms with Crippen molar-refractivity contribution in [3.63, 3.8) is 0 Å². The number of hydrogen-bond acceptors (Lipinski definition) is 5. The van der Waals surface area contributed by atoms with Crippen LogP contribution >= 0.6 is 0 Å². The maximum absolute atomic E-state index is 12.1. The molecule has 0 N–H and O–H groups in total. The van der Waals surface area contributed by atoms with E-state index in [1.807, 2.05) is 0 Å². The lowest BCUT2D eigenvalue weighted by molar-refractivity contribution is -0.419. The maximum atomic E-state index is 12.1. The second-order valence-electron chi connectivity index (χ2n) is 3.77. The predicted octanol–water partition coefficient (Wildman–Crippen LogP) is 1.92. The van der Waals surface area contributed by atoms with Gasteiger partial charge in [-0.05, 0) is 12.2 Å². The lowest BCUT2D eigenvalue weighted by Crippen LogP contribution is -2.25. The number of nitro groups is 1. The van der Waals surface area contributed by atoms with Crippen LogP contribution in [0.25, 0.3) is 0 Å². The van der Waals surface area contributed by atoms with E-state index in [2.05, 4.69) is 4.99 Å². The summed E-state index contributed by atoms with van der Waals surface area (Å²) in [6, 6.07) is 0. The number of halogens is 3. The minimum Gasteiger partial charge on any atom is -0.302 e. The maximum Gasteiger partial charge on any atom is 0.454 e. The van der Waals surface area contributed by atoms with Gasteiger partial charge in [-0.3, -0.25) is 14.9 Å². The molecule has 9 heteroatoms. The van der Waals surface area contributed by atoms with Crippen LogP contribution in [0.1, 0.15) is 0 Å². The Labute approximate surface area is 110 Å². The Morgan fingerprint density at radius 3 is 2.65 bits per heavy atom. The Bertz CT molecular complexity index is 627. The Hall–Kier alpha value is -2.71. The summed E-state index contributed by atoms with van der Waals surface area (Å²) < 4.78 is 36.3. The fourth-order valence-electron chi connectivity index (χ4n) is 1.44. The summed E-state index contributed by atoms with van der Waals surface area (Å²) >= 11 is 0. The van der Waals surface area contributed by atoms with Crippen LogP contribution in [0.2, 0.25) is 0 Å². The molecule has 0 atom stereocenters. The first-order valence-corrected chi connectivity index (χ1v) is 5.20. The SMILES string of the molecule is O=C(/C=C1\C=CN2C=C([N+](=O)[O-])C=CC2=N1)C(F)(F)F. The second kappa shape index (κ2) is 4.76. The number of carbonyl (C=O) groups is 1. The van der Waals surface area contributed by atoms with Crippen LogP contribution in [0.4, 0.5) is 13.2 Å². The second-order valence-corrected chi connectivity index (χ2v) is 3.77. The minimum absolute atomic E-state index is 0.179. The quantitative estimate of drug-likeness (QED) is 0.441. The van der Waals surface area contributed by atoms with Crippen molar-refractivity contribution in [3.8, 4) is 0 Å². The first kappa shape index (κ1) is 13.7. The van der Waals surface area contributed by atoms with Gasteiger partial charge in [0.25, 0.3) is 11.5 Å². The summed E-state index contributed by atoms with van der Waals surface area (Å²) in [5.41, 5.74) is -0.367. The number of hydrogen-bond donors (Lipinski definition) is 0. The van der Waals surface area contributed by atoms with Gasteiger partial charge in [-0.1, -0.05) is 0 Å². The number of rotatable bonds is 2. The Balaban J connectivity index is 2.24. The van der Waals surface area contributed by atoms with Gasteiger partial charge in [0.15, 0.2) is 0 Å².